The first-order valence-electron chi connectivity index (χ1n) is 7.12. The number of fused-ring (bicyclic) bond motifs is 1. The highest BCUT2D eigenvalue weighted by Gasteiger charge is 2.08. The lowest BCUT2D eigenvalue weighted by Gasteiger charge is -2.09. The number of nitrogens with one attached hydrogen (secondary N) is 1. The summed E-state index contributed by atoms with van der Waals surface area (Å²) in [5.74, 6) is 0.656. The number of ether oxygens (including phenoxy) is 1. The number of rotatable bonds is 3. The zero-order chi connectivity index (χ0) is 15.5. The summed E-state index contributed by atoms with van der Waals surface area (Å²) >= 11 is 0. The average Bonchev–Trinajstić information content (AvgIpc) is 2.54. The largest absolute Gasteiger partial charge is 0.496 e. The van der Waals surface area contributed by atoms with Crippen molar-refractivity contribution in [3.05, 3.63) is 71.8 Å². The van der Waals surface area contributed by atoms with Crippen molar-refractivity contribution in [2.24, 2.45) is 0 Å². The maximum Gasteiger partial charge on any atom is 0.255 e. The van der Waals surface area contributed by atoms with Gasteiger partial charge in [-0.3, -0.25) is 4.79 Å². The Morgan fingerprint density at radius 3 is 2.45 bits per heavy atom. The van der Waals surface area contributed by atoms with E-state index in [1.54, 1.807) is 13.2 Å². The minimum absolute atomic E-state index is 0.124. The average molecular weight is 291 g/mol. The monoisotopic (exact) mass is 291 g/mol. The Morgan fingerprint density at radius 2 is 1.73 bits per heavy atom. The molecule has 0 aromatic heterocycles. The summed E-state index contributed by atoms with van der Waals surface area (Å²) in [6.07, 6.45) is 0. The highest BCUT2D eigenvalue weighted by atomic mass is 16.5. The third kappa shape index (κ3) is 2.79. The predicted octanol–water partition coefficient (Wildman–Crippen LogP) is 4.41. The summed E-state index contributed by atoms with van der Waals surface area (Å²) in [5, 5.41) is 5.19. The van der Waals surface area contributed by atoms with Crippen molar-refractivity contribution in [2.45, 2.75) is 6.92 Å². The highest BCUT2D eigenvalue weighted by molar-refractivity contribution is 6.05. The van der Waals surface area contributed by atoms with E-state index in [2.05, 4.69) is 5.32 Å². The van der Waals surface area contributed by atoms with E-state index >= 15 is 0 Å². The van der Waals surface area contributed by atoms with E-state index in [4.69, 9.17) is 4.74 Å². The first-order chi connectivity index (χ1) is 10.7. The minimum atomic E-state index is -0.124. The molecule has 0 unspecified atom stereocenters. The molecule has 0 fully saturated rings. The van der Waals surface area contributed by atoms with E-state index < -0.39 is 0 Å². The Kier molecular flexibility index (Phi) is 3.79. The highest BCUT2D eigenvalue weighted by Crippen LogP contribution is 2.21. The number of benzene rings is 3. The van der Waals surface area contributed by atoms with Gasteiger partial charge in [0.05, 0.1) is 7.11 Å². The zero-order valence-corrected chi connectivity index (χ0v) is 12.6. The zero-order valence-electron chi connectivity index (χ0n) is 12.6. The van der Waals surface area contributed by atoms with E-state index in [1.807, 2.05) is 61.5 Å². The molecule has 3 heteroatoms. The molecule has 0 heterocycles. The predicted molar refractivity (Wildman–Crippen MR) is 89.6 cm³/mol. The van der Waals surface area contributed by atoms with Gasteiger partial charge in [0.2, 0.25) is 0 Å². The fourth-order valence-electron chi connectivity index (χ4n) is 2.49. The molecule has 0 saturated carbocycles. The first-order valence-corrected chi connectivity index (χ1v) is 7.12. The molecule has 0 atom stereocenters. The summed E-state index contributed by atoms with van der Waals surface area (Å²) < 4.78 is 5.21. The van der Waals surface area contributed by atoms with Crippen LogP contribution in [0.15, 0.2) is 60.7 Å². The molecule has 0 aliphatic heterocycles. The standard InChI is InChI=1S/C19H17NO2/c1-13-11-16(8-10-18(13)22-2)19(21)20-17-9-7-14-5-3-4-6-15(14)12-17/h3-12H,1-2H3,(H,20,21). The molecule has 110 valence electrons. The number of hydrogen-bond donors (Lipinski definition) is 1. The summed E-state index contributed by atoms with van der Waals surface area (Å²) in [6.45, 7) is 1.92. The number of carbonyl (C=O) groups excluding carboxylic acids is 1. The van der Waals surface area contributed by atoms with Gasteiger partial charge >= 0.3 is 0 Å². The third-order valence-electron chi connectivity index (χ3n) is 3.66. The Balaban J connectivity index is 1.84. The number of hydrogen-bond acceptors (Lipinski definition) is 2. The molecular formula is C19H17NO2. The maximum atomic E-state index is 12.4. The third-order valence-corrected chi connectivity index (χ3v) is 3.66. The Morgan fingerprint density at radius 1 is 0.955 bits per heavy atom. The lowest BCUT2D eigenvalue weighted by atomic mass is 10.1. The number of anilines is 1. The fraction of sp³-hybridized carbons (Fsp3) is 0.105. The molecule has 0 spiro atoms. The van der Waals surface area contributed by atoms with Crippen LogP contribution in [0.1, 0.15) is 15.9 Å². The van der Waals surface area contributed by atoms with Gasteiger partial charge in [0.25, 0.3) is 5.91 Å². The van der Waals surface area contributed by atoms with Crippen LogP contribution >= 0.6 is 0 Å². The van der Waals surface area contributed by atoms with Crippen LogP contribution in [0.5, 0.6) is 5.75 Å². The second-order valence-electron chi connectivity index (χ2n) is 5.20. The van der Waals surface area contributed by atoms with Gasteiger partial charge in [-0.25, -0.2) is 0 Å². The summed E-state index contributed by atoms with van der Waals surface area (Å²) in [4.78, 5) is 12.4. The van der Waals surface area contributed by atoms with Gasteiger partial charge in [-0.1, -0.05) is 30.3 Å². The van der Waals surface area contributed by atoms with Gasteiger partial charge in [-0.2, -0.15) is 0 Å². The molecule has 3 nitrogen and oxygen atoms in total. The van der Waals surface area contributed by atoms with Crippen LogP contribution in [-0.4, -0.2) is 13.0 Å². The second-order valence-corrected chi connectivity index (χ2v) is 5.20. The minimum Gasteiger partial charge on any atom is -0.496 e. The fourth-order valence-corrected chi connectivity index (χ4v) is 2.49. The summed E-state index contributed by atoms with van der Waals surface area (Å²) in [7, 11) is 1.62. The quantitative estimate of drug-likeness (QED) is 0.776. The van der Waals surface area contributed by atoms with Crippen LogP contribution in [0.25, 0.3) is 10.8 Å². The van der Waals surface area contributed by atoms with E-state index in [9.17, 15) is 4.79 Å². The van der Waals surface area contributed by atoms with Gasteiger partial charge in [0, 0.05) is 11.3 Å². The van der Waals surface area contributed by atoms with Crippen molar-refractivity contribution in [2.75, 3.05) is 12.4 Å². The number of amides is 1. The van der Waals surface area contributed by atoms with Crippen molar-refractivity contribution in [3.63, 3.8) is 0 Å². The van der Waals surface area contributed by atoms with Crippen molar-refractivity contribution >= 4 is 22.4 Å². The van der Waals surface area contributed by atoms with Crippen LogP contribution in [0.4, 0.5) is 5.69 Å². The van der Waals surface area contributed by atoms with Gasteiger partial charge in [-0.15, -0.1) is 0 Å². The molecule has 0 aliphatic rings. The smallest absolute Gasteiger partial charge is 0.255 e. The number of methoxy groups -OCH3 is 1. The van der Waals surface area contributed by atoms with Crippen LogP contribution in [0, 0.1) is 6.92 Å². The molecule has 3 rings (SSSR count). The van der Waals surface area contributed by atoms with E-state index in [0.717, 1.165) is 27.8 Å². The molecular weight excluding hydrogens is 274 g/mol. The molecule has 1 amide bonds. The van der Waals surface area contributed by atoms with E-state index in [0.29, 0.717) is 5.56 Å². The summed E-state index contributed by atoms with van der Waals surface area (Å²) in [5.41, 5.74) is 2.34. The maximum absolute atomic E-state index is 12.4. The lowest BCUT2D eigenvalue weighted by Crippen LogP contribution is -2.12. The molecule has 3 aromatic carbocycles. The van der Waals surface area contributed by atoms with Crippen molar-refractivity contribution in [1.29, 1.82) is 0 Å². The van der Waals surface area contributed by atoms with Crippen molar-refractivity contribution in [3.8, 4) is 5.75 Å². The van der Waals surface area contributed by atoms with Crippen LogP contribution in [0.2, 0.25) is 0 Å². The lowest BCUT2D eigenvalue weighted by molar-refractivity contribution is 0.102. The molecule has 0 saturated heterocycles. The van der Waals surface area contributed by atoms with Crippen molar-refractivity contribution in [1.82, 2.24) is 0 Å². The normalized spacial score (nSPS) is 10.5. The molecule has 0 radical (unpaired) electrons. The Labute approximate surface area is 129 Å². The summed E-state index contributed by atoms with van der Waals surface area (Å²) in [6, 6.07) is 19.4. The van der Waals surface area contributed by atoms with Crippen molar-refractivity contribution < 1.29 is 9.53 Å². The topological polar surface area (TPSA) is 38.3 Å². The molecule has 0 aliphatic carbocycles. The van der Waals surface area contributed by atoms with E-state index in [-0.39, 0.29) is 5.91 Å². The van der Waals surface area contributed by atoms with Gasteiger partial charge in [-0.05, 0) is 53.6 Å². The van der Waals surface area contributed by atoms with Gasteiger partial charge < -0.3 is 10.1 Å². The van der Waals surface area contributed by atoms with Crippen LogP contribution < -0.4 is 10.1 Å². The Bertz CT molecular complexity index is 840. The van der Waals surface area contributed by atoms with Crippen LogP contribution in [0.3, 0.4) is 0 Å². The molecule has 0 bridgehead atoms. The Hall–Kier alpha value is -2.81. The number of carbonyl (C=O) groups is 1. The van der Waals surface area contributed by atoms with Crippen LogP contribution in [-0.2, 0) is 0 Å². The SMILES string of the molecule is COc1ccc(C(=O)Nc2ccc3ccccc3c2)cc1C. The van der Waals surface area contributed by atoms with E-state index in [1.165, 1.54) is 0 Å². The van der Waals surface area contributed by atoms with Gasteiger partial charge in [0.1, 0.15) is 5.75 Å². The molecule has 3 aromatic rings. The first kappa shape index (κ1) is 14.1. The molecule has 1 N–H and O–H groups in total. The van der Waals surface area contributed by atoms with Gasteiger partial charge in [0.15, 0.2) is 0 Å². The number of aryl methyl sites for hydroxylation is 1. The molecule has 22 heavy (non-hydrogen) atoms. The second kappa shape index (κ2) is 5.90.